The van der Waals surface area contributed by atoms with Crippen LogP contribution < -0.4 is 14.4 Å². The maximum Gasteiger partial charge on any atom is 0.200 e. The largest absolute Gasteiger partial charge is 0.480 e. The van der Waals surface area contributed by atoms with Crippen LogP contribution in [0.15, 0.2) is 30.3 Å². The Labute approximate surface area is 177 Å². The zero-order chi connectivity index (χ0) is 20.0. The lowest BCUT2D eigenvalue weighted by Crippen LogP contribution is -2.67. The molecular formula is C24H30N2O4. The average molecular weight is 411 g/mol. The minimum Gasteiger partial charge on any atom is -0.480 e. The van der Waals surface area contributed by atoms with Gasteiger partial charge in [0.1, 0.15) is 0 Å². The smallest absolute Gasteiger partial charge is 0.200 e. The number of rotatable bonds is 2. The van der Waals surface area contributed by atoms with E-state index in [9.17, 15) is 0 Å². The fourth-order valence-electron chi connectivity index (χ4n) is 5.63. The predicted octanol–water partition coefficient (Wildman–Crippen LogP) is 3.42. The molecule has 1 saturated carbocycles. The van der Waals surface area contributed by atoms with Gasteiger partial charge in [0.25, 0.3) is 0 Å². The summed E-state index contributed by atoms with van der Waals surface area (Å²) in [6.45, 7) is 6.67. The number of nitrogens with zero attached hydrogens (tertiary/aromatic N) is 2. The quantitative estimate of drug-likeness (QED) is 0.756. The molecule has 0 radical (unpaired) electrons. The maximum absolute atomic E-state index is 6.99. The number of ether oxygens (including phenoxy) is 4. The van der Waals surface area contributed by atoms with Crippen LogP contribution in [0.1, 0.15) is 25.7 Å². The van der Waals surface area contributed by atoms with Crippen LogP contribution in [0, 0.1) is 0 Å². The zero-order valence-electron chi connectivity index (χ0n) is 17.5. The van der Waals surface area contributed by atoms with E-state index in [4.69, 9.17) is 18.9 Å². The van der Waals surface area contributed by atoms with Gasteiger partial charge in [0.05, 0.1) is 26.4 Å². The third-order valence-corrected chi connectivity index (χ3v) is 7.14. The van der Waals surface area contributed by atoms with E-state index in [-0.39, 0.29) is 11.8 Å². The van der Waals surface area contributed by atoms with Crippen LogP contribution in [-0.2, 0) is 9.47 Å². The second kappa shape index (κ2) is 7.59. The number of fused-ring (bicyclic) bond motifs is 4. The monoisotopic (exact) mass is 410 g/mol. The van der Waals surface area contributed by atoms with Crippen LogP contribution in [0.2, 0.25) is 0 Å². The molecule has 0 amide bonds. The third kappa shape index (κ3) is 2.96. The van der Waals surface area contributed by atoms with Crippen molar-refractivity contribution >= 4 is 16.5 Å². The Kier molecular flexibility index (Phi) is 4.74. The van der Waals surface area contributed by atoms with Gasteiger partial charge in [0.2, 0.25) is 5.72 Å². The molecule has 1 aliphatic carbocycles. The van der Waals surface area contributed by atoms with Crippen molar-refractivity contribution in [3.8, 4) is 11.5 Å². The van der Waals surface area contributed by atoms with Crippen molar-refractivity contribution in [2.24, 2.45) is 0 Å². The molecular weight excluding hydrogens is 380 g/mol. The van der Waals surface area contributed by atoms with Crippen molar-refractivity contribution in [3.05, 3.63) is 30.3 Å². The molecule has 2 aromatic rings. The van der Waals surface area contributed by atoms with E-state index in [1.54, 1.807) is 0 Å². The van der Waals surface area contributed by atoms with Crippen molar-refractivity contribution in [1.29, 1.82) is 0 Å². The summed E-state index contributed by atoms with van der Waals surface area (Å²) in [6.07, 6.45) is 4.48. The van der Waals surface area contributed by atoms with Gasteiger partial charge in [-0.3, -0.25) is 4.90 Å². The lowest BCUT2D eigenvalue weighted by atomic mass is 9.85. The molecule has 0 spiro atoms. The first kappa shape index (κ1) is 18.7. The molecule has 2 saturated heterocycles. The molecule has 30 heavy (non-hydrogen) atoms. The van der Waals surface area contributed by atoms with Crippen LogP contribution in [0.3, 0.4) is 0 Å². The van der Waals surface area contributed by atoms with Gasteiger partial charge < -0.3 is 23.8 Å². The van der Waals surface area contributed by atoms with E-state index >= 15 is 0 Å². The van der Waals surface area contributed by atoms with Crippen LogP contribution in [0.25, 0.3) is 10.8 Å². The van der Waals surface area contributed by atoms with E-state index < -0.39 is 0 Å². The van der Waals surface area contributed by atoms with Gasteiger partial charge >= 0.3 is 0 Å². The van der Waals surface area contributed by atoms with Crippen molar-refractivity contribution in [1.82, 2.24) is 4.90 Å². The van der Waals surface area contributed by atoms with Gasteiger partial charge in [-0.05, 0) is 19.3 Å². The highest BCUT2D eigenvalue weighted by molar-refractivity contribution is 6.00. The van der Waals surface area contributed by atoms with E-state index in [1.165, 1.54) is 23.9 Å². The Hall–Kier alpha value is -2.02. The molecule has 160 valence electrons. The highest BCUT2D eigenvalue weighted by Gasteiger charge is 2.53. The van der Waals surface area contributed by atoms with Gasteiger partial charge in [-0.15, -0.1) is 0 Å². The molecule has 0 aromatic heterocycles. The van der Waals surface area contributed by atoms with Crippen LogP contribution in [0.5, 0.6) is 11.5 Å². The Morgan fingerprint density at radius 1 is 0.867 bits per heavy atom. The standard InChI is InChI=1S/C24H30N2O4/c1-2-6-19-18(5-1)20(25-9-13-27-14-10-25)17-21-23(19)29-22-7-3-4-8-24(22,30-21)26-11-15-28-16-12-26/h1-2,5-6,17,22H,3-4,7-16H2/t22-,24-/m0/s1. The minimum absolute atomic E-state index is 0.0643. The number of benzene rings is 2. The number of anilines is 1. The lowest BCUT2D eigenvalue weighted by molar-refractivity contribution is -0.202. The Morgan fingerprint density at radius 3 is 2.40 bits per heavy atom. The molecule has 0 unspecified atom stereocenters. The third-order valence-electron chi connectivity index (χ3n) is 7.14. The summed E-state index contributed by atoms with van der Waals surface area (Å²) in [7, 11) is 0. The summed E-state index contributed by atoms with van der Waals surface area (Å²) >= 11 is 0. The van der Waals surface area contributed by atoms with E-state index in [0.717, 1.165) is 82.3 Å². The highest BCUT2D eigenvalue weighted by Crippen LogP contribution is 2.51. The van der Waals surface area contributed by atoms with Gasteiger partial charge in [0.15, 0.2) is 17.6 Å². The first-order valence-electron chi connectivity index (χ1n) is 11.4. The van der Waals surface area contributed by atoms with Crippen LogP contribution in [0.4, 0.5) is 5.69 Å². The Morgan fingerprint density at radius 2 is 1.60 bits per heavy atom. The fraction of sp³-hybridized carbons (Fsp3) is 0.583. The van der Waals surface area contributed by atoms with Crippen LogP contribution in [-0.4, -0.2) is 69.3 Å². The van der Waals surface area contributed by atoms with Gasteiger partial charge in [-0.1, -0.05) is 24.3 Å². The number of hydrogen-bond donors (Lipinski definition) is 0. The first-order valence-corrected chi connectivity index (χ1v) is 11.4. The van der Waals surface area contributed by atoms with Crippen molar-refractivity contribution in [2.75, 3.05) is 57.5 Å². The van der Waals surface area contributed by atoms with Crippen molar-refractivity contribution in [2.45, 2.75) is 37.5 Å². The Balaban J connectivity index is 1.47. The predicted molar refractivity (Wildman–Crippen MR) is 116 cm³/mol. The summed E-state index contributed by atoms with van der Waals surface area (Å²) in [5.41, 5.74) is 0.849. The highest BCUT2D eigenvalue weighted by atomic mass is 16.6. The zero-order valence-corrected chi connectivity index (χ0v) is 17.5. The van der Waals surface area contributed by atoms with Crippen molar-refractivity contribution in [3.63, 3.8) is 0 Å². The van der Waals surface area contributed by atoms with E-state index in [0.29, 0.717) is 0 Å². The van der Waals surface area contributed by atoms with E-state index in [2.05, 4.69) is 40.1 Å². The van der Waals surface area contributed by atoms with E-state index in [1.807, 2.05) is 0 Å². The molecule has 3 fully saturated rings. The minimum atomic E-state index is -0.375. The second-order valence-corrected chi connectivity index (χ2v) is 8.77. The molecule has 4 aliphatic rings. The van der Waals surface area contributed by atoms with Gasteiger partial charge in [-0.2, -0.15) is 0 Å². The molecule has 6 rings (SSSR count). The summed E-state index contributed by atoms with van der Waals surface area (Å²) in [5.74, 6) is 1.80. The Bertz CT molecular complexity index is 923. The molecule has 6 heteroatoms. The molecule has 2 atom stereocenters. The first-order chi connectivity index (χ1) is 14.9. The summed E-state index contributed by atoms with van der Waals surface area (Å²) in [6, 6.07) is 10.8. The molecule has 0 N–H and O–H groups in total. The number of hydrogen-bond acceptors (Lipinski definition) is 6. The summed E-state index contributed by atoms with van der Waals surface area (Å²) in [5, 5.41) is 2.38. The topological polar surface area (TPSA) is 43.4 Å². The average Bonchev–Trinajstić information content (AvgIpc) is 2.83. The van der Waals surface area contributed by atoms with Crippen LogP contribution >= 0.6 is 0 Å². The van der Waals surface area contributed by atoms with Crippen molar-refractivity contribution < 1.29 is 18.9 Å². The number of morpholine rings is 2. The fourth-order valence-corrected chi connectivity index (χ4v) is 5.63. The summed E-state index contributed by atoms with van der Waals surface area (Å²) in [4.78, 5) is 4.90. The molecule has 3 aliphatic heterocycles. The summed E-state index contributed by atoms with van der Waals surface area (Å²) < 4.78 is 25.0. The maximum atomic E-state index is 6.99. The van der Waals surface area contributed by atoms with Gasteiger partial charge in [0, 0.05) is 55.1 Å². The second-order valence-electron chi connectivity index (χ2n) is 8.77. The molecule has 0 bridgehead atoms. The normalized spacial score (nSPS) is 29.6. The van der Waals surface area contributed by atoms with Gasteiger partial charge in [-0.25, -0.2) is 0 Å². The molecule has 2 aromatic carbocycles. The lowest BCUT2D eigenvalue weighted by Gasteiger charge is -2.53. The molecule has 3 heterocycles. The SMILES string of the molecule is c1ccc2c3c(cc(N4CCOCC4)c2c1)O[C@@]1(N2CCOCC2)CCCC[C@@H]1O3. The molecule has 6 nitrogen and oxygen atoms in total.